The molecule has 17 heavy (non-hydrogen) atoms. The van der Waals surface area contributed by atoms with Crippen LogP contribution in [0.25, 0.3) is 0 Å². The van der Waals surface area contributed by atoms with E-state index >= 15 is 0 Å². The Labute approximate surface area is 102 Å². The van der Waals surface area contributed by atoms with Gasteiger partial charge in [0, 0.05) is 6.54 Å². The zero-order chi connectivity index (χ0) is 12.8. The van der Waals surface area contributed by atoms with Crippen molar-refractivity contribution >= 4 is 5.97 Å². The van der Waals surface area contributed by atoms with E-state index in [4.69, 9.17) is 15.2 Å². The van der Waals surface area contributed by atoms with Crippen LogP contribution in [-0.2, 0) is 16.1 Å². The summed E-state index contributed by atoms with van der Waals surface area (Å²) in [5.41, 5.74) is 8.61. The first-order chi connectivity index (χ1) is 8.08. The molecule has 4 nitrogen and oxygen atoms in total. The predicted molar refractivity (Wildman–Crippen MR) is 65.9 cm³/mol. The van der Waals surface area contributed by atoms with E-state index in [1.54, 1.807) is 6.92 Å². The zero-order valence-corrected chi connectivity index (χ0v) is 10.6. The van der Waals surface area contributed by atoms with E-state index in [-0.39, 0.29) is 12.6 Å². The fourth-order valence-corrected chi connectivity index (χ4v) is 1.72. The molecule has 2 N–H and O–H groups in total. The van der Waals surface area contributed by atoms with E-state index in [0.717, 1.165) is 22.4 Å². The molecule has 1 rings (SSSR count). The van der Waals surface area contributed by atoms with Gasteiger partial charge in [0.15, 0.2) is 6.61 Å². The summed E-state index contributed by atoms with van der Waals surface area (Å²) in [6.07, 6.45) is 0. The summed E-state index contributed by atoms with van der Waals surface area (Å²) in [6.45, 7) is 6.45. The highest BCUT2D eigenvalue weighted by Gasteiger charge is 2.09. The van der Waals surface area contributed by atoms with E-state index < -0.39 is 0 Å². The van der Waals surface area contributed by atoms with E-state index in [1.165, 1.54) is 0 Å². The summed E-state index contributed by atoms with van der Waals surface area (Å²) in [5.74, 6) is 0.379. The summed E-state index contributed by atoms with van der Waals surface area (Å²) in [4.78, 5) is 11.2. The van der Waals surface area contributed by atoms with Crippen molar-refractivity contribution in [2.24, 2.45) is 5.73 Å². The third-order valence-corrected chi connectivity index (χ3v) is 2.40. The fraction of sp³-hybridized carbons (Fsp3) is 0.462. The van der Waals surface area contributed by atoms with E-state index in [0.29, 0.717) is 13.2 Å². The van der Waals surface area contributed by atoms with Crippen LogP contribution >= 0.6 is 0 Å². The van der Waals surface area contributed by atoms with Crippen molar-refractivity contribution in [3.63, 3.8) is 0 Å². The molecule has 1 aromatic rings. The van der Waals surface area contributed by atoms with Crippen LogP contribution in [0.1, 0.15) is 23.6 Å². The van der Waals surface area contributed by atoms with Gasteiger partial charge in [-0.25, -0.2) is 4.79 Å². The molecule has 0 heterocycles. The highest BCUT2D eigenvalue weighted by atomic mass is 16.6. The topological polar surface area (TPSA) is 61.5 Å². The second-order valence-corrected chi connectivity index (χ2v) is 3.86. The first-order valence-electron chi connectivity index (χ1n) is 5.67. The SMILES string of the molecule is CCOC(=O)COc1c(C)cc(CN)cc1C. The Hall–Kier alpha value is -1.55. The van der Waals surface area contributed by atoms with Crippen molar-refractivity contribution < 1.29 is 14.3 Å². The standard InChI is InChI=1S/C13H19NO3/c1-4-16-12(15)8-17-13-9(2)5-11(7-14)6-10(13)3/h5-6H,4,7-8,14H2,1-3H3. The van der Waals surface area contributed by atoms with Crippen molar-refractivity contribution in [2.45, 2.75) is 27.3 Å². The molecule has 0 radical (unpaired) electrons. The van der Waals surface area contributed by atoms with Gasteiger partial charge in [0.25, 0.3) is 0 Å². The zero-order valence-electron chi connectivity index (χ0n) is 10.6. The molecule has 0 aliphatic carbocycles. The monoisotopic (exact) mass is 237 g/mol. The van der Waals surface area contributed by atoms with Crippen LogP contribution in [0.5, 0.6) is 5.75 Å². The summed E-state index contributed by atoms with van der Waals surface area (Å²) in [5, 5.41) is 0. The van der Waals surface area contributed by atoms with Gasteiger partial charge in [-0.1, -0.05) is 12.1 Å². The highest BCUT2D eigenvalue weighted by molar-refractivity contribution is 5.71. The molecule has 0 atom stereocenters. The normalized spacial score (nSPS) is 10.1. The van der Waals surface area contributed by atoms with Crippen molar-refractivity contribution in [2.75, 3.05) is 13.2 Å². The first kappa shape index (κ1) is 13.5. The Morgan fingerprint density at radius 2 is 1.88 bits per heavy atom. The summed E-state index contributed by atoms with van der Waals surface area (Å²) in [7, 11) is 0. The minimum atomic E-state index is -0.353. The molecule has 0 unspecified atom stereocenters. The summed E-state index contributed by atoms with van der Waals surface area (Å²) < 4.78 is 10.3. The van der Waals surface area contributed by atoms with Gasteiger partial charge in [-0.05, 0) is 37.5 Å². The largest absolute Gasteiger partial charge is 0.481 e. The van der Waals surface area contributed by atoms with Gasteiger partial charge in [-0.2, -0.15) is 0 Å². The highest BCUT2D eigenvalue weighted by Crippen LogP contribution is 2.24. The number of carbonyl (C=O) groups excluding carboxylic acids is 1. The average Bonchev–Trinajstić information content (AvgIpc) is 2.28. The molecule has 94 valence electrons. The van der Waals surface area contributed by atoms with Gasteiger partial charge < -0.3 is 15.2 Å². The Bertz CT molecular complexity index is 379. The summed E-state index contributed by atoms with van der Waals surface area (Å²) in [6, 6.07) is 3.93. The molecular formula is C13H19NO3. The predicted octanol–water partition coefficient (Wildman–Crippen LogP) is 1.70. The maximum Gasteiger partial charge on any atom is 0.344 e. The maximum atomic E-state index is 11.2. The molecular weight excluding hydrogens is 218 g/mol. The van der Waals surface area contributed by atoms with Crippen LogP contribution in [0.2, 0.25) is 0 Å². The van der Waals surface area contributed by atoms with Crippen LogP contribution in [0, 0.1) is 13.8 Å². The van der Waals surface area contributed by atoms with Crippen LogP contribution in [-0.4, -0.2) is 19.2 Å². The number of rotatable bonds is 5. The third kappa shape index (κ3) is 3.75. The lowest BCUT2D eigenvalue weighted by atomic mass is 10.1. The molecule has 0 saturated carbocycles. The van der Waals surface area contributed by atoms with Gasteiger partial charge in [0.2, 0.25) is 0 Å². The minimum absolute atomic E-state index is 0.0580. The molecule has 0 bridgehead atoms. The fourth-order valence-electron chi connectivity index (χ4n) is 1.72. The third-order valence-electron chi connectivity index (χ3n) is 2.40. The number of ether oxygens (including phenoxy) is 2. The Morgan fingerprint density at radius 1 is 1.29 bits per heavy atom. The lowest BCUT2D eigenvalue weighted by Crippen LogP contribution is -2.15. The number of aryl methyl sites for hydroxylation is 2. The van der Waals surface area contributed by atoms with Crippen LogP contribution < -0.4 is 10.5 Å². The molecule has 1 aromatic carbocycles. The van der Waals surface area contributed by atoms with Gasteiger partial charge >= 0.3 is 5.97 Å². The number of esters is 1. The Balaban J connectivity index is 2.74. The molecule has 4 heteroatoms. The van der Waals surface area contributed by atoms with E-state index in [9.17, 15) is 4.79 Å². The minimum Gasteiger partial charge on any atom is -0.481 e. The average molecular weight is 237 g/mol. The number of hydrogen-bond donors (Lipinski definition) is 1. The molecule has 0 aliphatic rings. The van der Waals surface area contributed by atoms with Crippen molar-refractivity contribution in [1.82, 2.24) is 0 Å². The van der Waals surface area contributed by atoms with E-state index in [2.05, 4.69) is 0 Å². The molecule has 0 spiro atoms. The second-order valence-electron chi connectivity index (χ2n) is 3.86. The summed E-state index contributed by atoms with van der Waals surface area (Å²) >= 11 is 0. The number of nitrogens with two attached hydrogens (primary N) is 1. The lowest BCUT2D eigenvalue weighted by Gasteiger charge is -2.13. The van der Waals surface area contributed by atoms with Gasteiger partial charge in [0.05, 0.1) is 6.61 Å². The van der Waals surface area contributed by atoms with Crippen molar-refractivity contribution in [3.05, 3.63) is 28.8 Å². The van der Waals surface area contributed by atoms with Crippen LogP contribution in [0.15, 0.2) is 12.1 Å². The second kappa shape index (κ2) is 6.25. The maximum absolute atomic E-state index is 11.2. The van der Waals surface area contributed by atoms with Gasteiger partial charge in [-0.15, -0.1) is 0 Å². The van der Waals surface area contributed by atoms with Crippen LogP contribution in [0.4, 0.5) is 0 Å². The quantitative estimate of drug-likeness (QED) is 0.792. The van der Waals surface area contributed by atoms with E-state index in [1.807, 2.05) is 26.0 Å². The van der Waals surface area contributed by atoms with Gasteiger partial charge in [-0.3, -0.25) is 0 Å². The lowest BCUT2D eigenvalue weighted by molar-refractivity contribution is -0.145. The molecule has 0 amide bonds. The number of carbonyl (C=O) groups is 1. The van der Waals surface area contributed by atoms with Crippen LogP contribution in [0.3, 0.4) is 0 Å². The smallest absolute Gasteiger partial charge is 0.344 e. The molecule has 0 saturated heterocycles. The Kier molecular flexibility index (Phi) is 4.97. The first-order valence-corrected chi connectivity index (χ1v) is 5.67. The number of hydrogen-bond acceptors (Lipinski definition) is 4. The van der Waals surface area contributed by atoms with Crippen molar-refractivity contribution in [1.29, 1.82) is 0 Å². The molecule has 0 fully saturated rings. The van der Waals surface area contributed by atoms with Crippen molar-refractivity contribution in [3.8, 4) is 5.75 Å². The molecule has 0 aliphatic heterocycles. The number of benzene rings is 1. The molecule has 0 aromatic heterocycles. The Morgan fingerprint density at radius 3 is 2.35 bits per heavy atom. The van der Waals surface area contributed by atoms with Gasteiger partial charge in [0.1, 0.15) is 5.75 Å².